The monoisotopic (exact) mass is 229 g/mol. The van der Waals surface area contributed by atoms with Crippen molar-refractivity contribution in [3.05, 3.63) is 0 Å². The summed E-state index contributed by atoms with van der Waals surface area (Å²) in [6.07, 6.45) is 1.02. The van der Waals surface area contributed by atoms with Crippen LogP contribution in [0.2, 0.25) is 0 Å². The highest BCUT2D eigenvalue weighted by atomic mass is 16.5. The average Bonchev–Trinajstić information content (AvgIpc) is 2.57. The Morgan fingerprint density at radius 3 is 2.75 bits per heavy atom. The van der Waals surface area contributed by atoms with Gasteiger partial charge < -0.3 is 14.8 Å². The van der Waals surface area contributed by atoms with Gasteiger partial charge in [-0.2, -0.15) is 0 Å². The molecule has 0 aromatic carbocycles. The second-order valence-corrected chi connectivity index (χ2v) is 4.08. The summed E-state index contributed by atoms with van der Waals surface area (Å²) in [6, 6.07) is -0.579. The minimum atomic E-state index is -0.579. The van der Waals surface area contributed by atoms with Gasteiger partial charge >= 0.3 is 5.97 Å². The van der Waals surface area contributed by atoms with Gasteiger partial charge in [0.2, 0.25) is 5.91 Å². The van der Waals surface area contributed by atoms with E-state index in [-0.39, 0.29) is 11.9 Å². The minimum Gasteiger partial charge on any atom is -0.464 e. The van der Waals surface area contributed by atoms with Gasteiger partial charge in [-0.05, 0) is 13.3 Å². The van der Waals surface area contributed by atoms with E-state index in [1.165, 1.54) is 0 Å². The standard InChI is InChI=1S/C11H19NO4/c1-4-11(7-15-3)6-8(13)12-9(11)10(14)16-5-2/h9H,4-7H2,1-3H3,(H,12,13). The van der Waals surface area contributed by atoms with Gasteiger partial charge in [-0.25, -0.2) is 4.79 Å². The lowest BCUT2D eigenvalue weighted by Gasteiger charge is -2.30. The maximum Gasteiger partial charge on any atom is 0.329 e. The molecule has 5 nitrogen and oxygen atoms in total. The van der Waals surface area contributed by atoms with Crippen molar-refractivity contribution in [2.75, 3.05) is 20.3 Å². The Hall–Kier alpha value is -1.10. The fraction of sp³-hybridized carbons (Fsp3) is 0.818. The molecule has 2 atom stereocenters. The van der Waals surface area contributed by atoms with Crippen LogP contribution >= 0.6 is 0 Å². The van der Waals surface area contributed by atoms with E-state index in [1.807, 2.05) is 6.92 Å². The smallest absolute Gasteiger partial charge is 0.329 e. The van der Waals surface area contributed by atoms with Crippen LogP contribution in [0, 0.1) is 5.41 Å². The van der Waals surface area contributed by atoms with Crippen LogP contribution in [0.1, 0.15) is 26.7 Å². The molecular weight excluding hydrogens is 210 g/mol. The maximum absolute atomic E-state index is 11.7. The third-order valence-electron chi connectivity index (χ3n) is 3.09. The van der Waals surface area contributed by atoms with Crippen LogP contribution in [0.3, 0.4) is 0 Å². The molecule has 0 bridgehead atoms. The number of hydrogen-bond acceptors (Lipinski definition) is 4. The highest BCUT2D eigenvalue weighted by Gasteiger charge is 2.50. The van der Waals surface area contributed by atoms with Gasteiger partial charge in [0.25, 0.3) is 0 Å². The second-order valence-electron chi connectivity index (χ2n) is 4.08. The predicted molar refractivity (Wildman–Crippen MR) is 57.8 cm³/mol. The van der Waals surface area contributed by atoms with Gasteiger partial charge in [0, 0.05) is 18.9 Å². The second kappa shape index (κ2) is 5.30. The van der Waals surface area contributed by atoms with Crippen molar-refractivity contribution in [1.82, 2.24) is 5.32 Å². The summed E-state index contributed by atoms with van der Waals surface area (Å²) in [5.41, 5.74) is -0.460. The largest absolute Gasteiger partial charge is 0.464 e. The van der Waals surface area contributed by atoms with Crippen LogP contribution in [-0.2, 0) is 19.1 Å². The van der Waals surface area contributed by atoms with Gasteiger partial charge in [-0.1, -0.05) is 6.92 Å². The summed E-state index contributed by atoms with van der Waals surface area (Å²) in [5.74, 6) is -0.482. The number of ether oxygens (including phenoxy) is 2. The zero-order valence-corrected chi connectivity index (χ0v) is 10.0. The molecule has 16 heavy (non-hydrogen) atoms. The number of carbonyl (C=O) groups is 2. The molecular formula is C11H19NO4. The van der Waals surface area contributed by atoms with Crippen LogP contribution in [-0.4, -0.2) is 38.2 Å². The summed E-state index contributed by atoms with van der Waals surface area (Å²) in [7, 11) is 1.57. The van der Waals surface area contributed by atoms with E-state index in [4.69, 9.17) is 9.47 Å². The molecule has 0 aromatic rings. The quantitative estimate of drug-likeness (QED) is 0.696. The van der Waals surface area contributed by atoms with Crippen molar-refractivity contribution in [2.24, 2.45) is 5.41 Å². The molecule has 0 radical (unpaired) electrons. The zero-order valence-electron chi connectivity index (χ0n) is 10.0. The van der Waals surface area contributed by atoms with Crippen molar-refractivity contribution in [3.8, 4) is 0 Å². The first kappa shape index (κ1) is 13.0. The summed E-state index contributed by atoms with van der Waals surface area (Å²) in [5, 5.41) is 2.67. The average molecular weight is 229 g/mol. The van der Waals surface area contributed by atoms with E-state index < -0.39 is 11.5 Å². The Labute approximate surface area is 95.5 Å². The lowest BCUT2D eigenvalue weighted by atomic mass is 9.78. The van der Waals surface area contributed by atoms with Gasteiger partial charge in [-0.15, -0.1) is 0 Å². The van der Waals surface area contributed by atoms with E-state index in [9.17, 15) is 9.59 Å². The lowest BCUT2D eigenvalue weighted by molar-refractivity contribution is -0.149. The third-order valence-corrected chi connectivity index (χ3v) is 3.09. The number of esters is 1. The van der Waals surface area contributed by atoms with Gasteiger partial charge in [-0.3, -0.25) is 4.79 Å². The molecule has 1 rings (SSSR count). The molecule has 1 aliphatic heterocycles. The Morgan fingerprint density at radius 1 is 1.56 bits per heavy atom. The van der Waals surface area contributed by atoms with Crippen LogP contribution in [0.25, 0.3) is 0 Å². The number of nitrogens with one attached hydrogen (secondary N) is 1. The summed E-state index contributed by atoms with van der Waals surface area (Å²) >= 11 is 0. The molecule has 1 heterocycles. The van der Waals surface area contributed by atoms with E-state index in [0.29, 0.717) is 26.1 Å². The summed E-state index contributed by atoms with van der Waals surface area (Å²) in [6.45, 7) is 4.40. The van der Waals surface area contributed by atoms with Gasteiger partial charge in [0.05, 0.1) is 13.2 Å². The Morgan fingerprint density at radius 2 is 2.25 bits per heavy atom. The number of carbonyl (C=O) groups excluding carboxylic acids is 2. The van der Waals surface area contributed by atoms with Crippen LogP contribution in [0.4, 0.5) is 0 Å². The molecule has 0 aromatic heterocycles. The van der Waals surface area contributed by atoms with Crippen LogP contribution in [0.5, 0.6) is 0 Å². The molecule has 1 fully saturated rings. The first-order valence-corrected chi connectivity index (χ1v) is 5.54. The lowest BCUT2D eigenvalue weighted by Crippen LogP contribution is -2.46. The fourth-order valence-electron chi connectivity index (χ4n) is 2.17. The molecule has 0 aliphatic carbocycles. The maximum atomic E-state index is 11.7. The van der Waals surface area contributed by atoms with Gasteiger partial charge in [0.15, 0.2) is 0 Å². The molecule has 1 saturated heterocycles. The van der Waals surface area contributed by atoms with Crippen LogP contribution in [0.15, 0.2) is 0 Å². The Bertz CT molecular complexity index is 279. The first-order chi connectivity index (χ1) is 7.59. The fourth-order valence-corrected chi connectivity index (χ4v) is 2.17. The van der Waals surface area contributed by atoms with Crippen molar-refractivity contribution in [1.29, 1.82) is 0 Å². The molecule has 1 N–H and O–H groups in total. The minimum absolute atomic E-state index is 0.114. The topological polar surface area (TPSA) is 64.6 Å². The van der Waals surface area contributed by atoms with E-state index in [0.717, 1.165) is 0 Å². The normalized spacial score (nSPS) is 28.9. The Balaban J connectivity index is 2.86. The molecule has 5 heteroatoms. The van der Waals surface area contributed by atoms with Crippen molar-refractivity contribution >= 4 is 11.9 Å². The van der Waals surface area contributed by atoms with Crippen molar-refractivity contribution in [2.45, 2.75) is 32.7 Å². The molecule has 1 amide bonds. The molecule has 1 aliphatic rings. The highest BCUT2D eigenvalue weighted by Crippen LogP contribution is 2.36. The van der Waals surface area contributed by atoms with E-state index in [2.05, 4.69) is 5.32 Å². The molecule has 92 valence electrons. The summed E-state index contributed by atoms with van der Waals surface area (Å²) in [4.78, 5) is 23.2. The molecule has 0 saturated carbocycles. The highest BCUT2D eigenvalue weighted by molar-refractivity contribution is 5.90. The number of rotatable bonds is 5. The summed E-state index contributed by atoms with van der Waals surface area (Å²) < 4.78 is 10.1. The Kier molecular flexibility index (Phi) is 4.29. The number of methoxy groups -OCH3 is 1. The molecule has 0 spiro atoms. The van der Waals surface area contributed by atoms with Crippen LogP contribution < -0.4 is 5.32 Å². The first-order valence-electron chi connectivity index (χ1n) is 5.54. The van der Waals surface area contributed by atoms with Gasteiger partial charge in [0.1, 0.15) is 6.04 Å². The van der Waals surface area contributed by atoms with E-state index in [1.54, 1.807) is 14.0 Å². The number of hydrogen-bond donors (Lipinski definition) is 1. The number of amides is 1. The zero-order chi connectivity index (χ0) is 12.2. The van der Waals surface area contributed by atoms with Crippen molar-refractivity contribution < 1.29 is 19.1 Å². The SMILES string of the molecule is CCOC(=O)C1NC(=O)CC1(CC)COC. The molecule has 2 unspecified atom stereocenters. The van der Waals surface area contributed by atoms with E-state index >= 15 is 0 Å². The van der Waals surface area contributed by atoms with Crippen molar-refractivity contribution in [3.63, 3.8) is 0 Å². The predicted octanol–water partition coefficient (Wildman–Crippen LogP) is 0.481. The third kappa shape index (κ3) is 2.35.